The molecule has 3 aromatic rings. The summed E-state index contributed by atoms with van der Waals surface area (Å²) in [4.78, 5) is 12.5. The van der Waals surface area contributed by atoms with Gasteiger partial charge in [-0.1, -0.05) is 56.3 Å². The van der Waals surface area contributed by atoms with Gasteiger partial charge in [0.1, 0.15) is 6.54 Å². The Labute approximate surface area is 160 Å². The summed E-state index contributed by atoms with van der Waals surface area (Å²) in [6.45, 7) is 5.12. The summed E-state index contributed by atoms with van der Waals surface area (Å²) in [5.41, 5.74) is 3.33. The van der Waals surface area contributed by atoms with Crippen LogP contribution in [0, 0.1) is 5.92 Å². The van der Waals surface area contributed by atoms with Crippen molar-refractivity contribution in [3.63, 3.8) is 0 Å². The summed E-state index contributed by atoms with van der Waals surface area (Å²) < 4.78 is 4.13. The van der Waals surface area contributed by atoms with Gasteiger partial charge in [0, 0.05) is 0 Å². The molecule has 142 valence electrons. The first kappa shape index (κ1) is 19.1. The fourth-order valence-electron chi connectivity index (χ4n) is 3.45. The van der Waals surface area contributed by atoms with Gasteiger partial charge in [-0.15, -0.1) is 0 Å². The van der Waals surface area contributed by atoms with Crippen molar-refractivity contribution >= 4 is 16.9 Å². The van der Waals surface area contributed by atoms with Gasteiger partial charge >= 0.3 is 0 Å². The first-order valence-corrected chi connectivity index (χ1v) is 9.48. The number of benzene rings is 2. The molecule has 0 saturated heterocycles. The van der Waals surface area contributed by atoms with E-state index in [4.69, 9.17) is 0 Å². The SMILES string of the molecule is CC(C)C[C@@H](CO)NC(=O)Cn1c[n+](Cc2ccccc2)c2ccccc21. The summed E-state index contributed by atoms with van der Waals surface area (Å²) in [5.74, 6) is 0.338. The average molecular weight is 366 g/mol. The molecule has 5 nitrogen and oxygen atoms in total. The number of para-hydroxylation sites is 2. The molecule has 0 unspecified atom stereocenters. The van der Waals surface area contributed by atoms with Gasteiger partial charge in [-0.05, 0) is 30.0 Å². The Kier molecular flexibility index (Phi) is 6.24. The van der Waals surface area contributed by atoms with E-state index in [1.54, 1.807) is 0 Å². The Morgan fingerprint density at radius 2 is 1.81 bits per heavy atom. The molecule has 3 rings (SSSR count). The van der Waals surface area contributed by atoms with Gasteiger partial charge in [-0.2, -0.15) is 0 Å². The quantitative estimate of drug-likeness (QED) is 0.602. The van der Waals surface area contributed by atoms with Crippen molar-refractivity contribution < 1.29 is 14.5 Å². The maximum Gasteiger partial charge on any atom is 0.262 e. The van der Waals surface area contributed by atoms with Crippen LogP contribution in [-0.2, 0) is 17.9 Å². The normalized spacial score (nSPS) is 12.4. The number of aliphatic hydroxyl groups is 1. The molecule has 0 aliphatic heterocycles. The summed E-state index contributed by atoms with van der Waals surface area (Å²) in [7, 11) is 0. The first-order valence-electron chi connectivity index (χ1n) is 9.48. The smallest absolute Gasteiger partial charge is 0.262 e. The molecule has 0 radical (unpaired) electrons. The predicted molar refractivity (Wildman–Crippen MR) is 106 cm³/mol. The van der Waals surface area contributed by atoms with E-state index in [1.807, 2.05) is 47.3 Å². The third-order valence-corrected chi connectivity index (χ3v) is 4.63. The summed E-state index contributed by atoms with van der Waals surface area (Å²) in [6.07, 6.45) is 2.76. The number of fused-ring (bicyclic) bond motifs is 1. The molecule has 0 aliphatic carbocycles. The van der Waals surface area contributed by atoms with E-state index >= 15 is 0 Å². The number of aromatic nitrogens is 2. The third kappa shape index (κ3) is 4.95. The summed E-state index contributed by atoms with van der Waals surface area (Å²) >= 11 is 0. The highest BCUT2D eigenvalue weighted by atomic mass is 16.3. The van der Waals surface area contributed by atoms with Crippen LogP contribution in [0.5, 0.6) is 0 Å². The largest absolute Gasteiger partial charge is 0.394 e. The minimum Gasteiger partial charge on any atom is -0.394 e. The fraction of sp³-hybridized carbons (Fsp3) is 0.364. The zero-order valence-corrected chi connectivity index (χ0v) is 16.0. The van der Waals surface area contributed by atoms with Crippen LogP contribution in [0.25, 0.3) is 11.0 Å². The van der Waals surface area contributed by atoms with Crippen molar-refractivity contribution in [1.82, 2.24) is 9.88 Å². The van der Waals surface area contributed by atoms with Crippen molar-refractivity contribution in [3.8, 4) is 0 Å². The van der Waals surface area contributed by atoms with Crippen LogP contribution in [0.3, 0.4) is 0 Å². The molecule has 1 atom stereocenters. The second-order valence-electron chi connectivity index (χ2n) is 7.42. The number of aliphatic hydroxyl groups excluding tert-OH is 1. The second-order valence-corrected chi connectivity index (χ2v) is 7.42. The molecule has 0 aliphatic rings. The van der Waals surface area contributed by atoms with Crippen LogP contribution in [0.2, 0.25) is 0 Å². The number of carbonyl (C=O) groups is 1. The maximum absolute atomic E-state index is 12.5. The molecule has 0 bridgehead atoms. The number of amides is 1. The van der Waals surface area contributed by atoms with Gasteiger partial charge in [0.05, 0.1) is 12.6 Å². The molecular weight excluding hydrogens is 338 g/mol. The van der Waals surface area contributed by atoms with Gasteiger partial charge in [-0.3, -0.25) is 4.79 Å². The van der Waals surface area contributed by atoms with E-state index < -0.39 is 0 Å². The first-order chi connectivity index (χ1) is 13.1. The highest BCUT2D eigenvalue weighted by Gasteiger charge is 2.20. The van der Waals surface area contributed by atoms with Gasteiger partial charge in [-0.25, -0.2) is 9.13 Å². The topological polar surface area (TPSA) is 58.1 Å². The molecule has 1 aromatic heterocycles. The lowest BCUT2D eigenvalue weighted by Crippen LogP contribution is -2.40. The van der Waals surface area contributed by atoms with Gasteiger partial charge < -0.3 is 10.4 Å². The van der Waals surface area contributed by atoms with E-state index in [0.29, 0.717) is 5.92 Å². The lowest BCUT2D eigenvalue weighted by atomic mass is 10.0. The highest BCUT2D eigenvalue weighted by Crippen LogP contribution is 2.12. The van der Waals surface area contributed by atoms with Crippen molar-refractivity contribution in [1.29, 1.82) is 0 Å². The van der Waals surface area contributed by atoms with E-state index in [1.165, 1.54) is 5.56 Å². The van der Waals surface area contributed by atoms with Gasteiger partial charge in [0.25, 0.3) is 5.91 Å². The number of nitrogens with one attached hydrogen (secondary N) is 1. The number of hydrogen-bond acceptors (Lipinski definition) is 2. The Hall–Kier alpha value is -2.66. The predicted octanol–water partition coefficient (Wildman–Crippen LogP) is 2.50. The van der Waals surface area contributed by atoms with E-state index in [-0.39, 0.29) is 25.1 Å². The van der Waals surface area contributed by atoms with Crippen LogP contribution in [0.15, 0.2) is 60.9 Å². The molecule has 0 fully saturated rings. The Morgan fingerprint density at radius 1 is 1.11 bits per heavy atom. The monoisotopic (exact) mass is 366 g/mol. The van der Waals surface area contributed by atoms with Crippen LogP contribution in [-0.4, -0.2) is 28.2 Å². The molecule has 1 amide bonds. The van der Waals surface area contributed by atoms with Crippen LogP contribution in [0.1, 0.15) is 25.8 Å². The Bertz CT molecular complexity index is 887. The lowest BCUT2D eigenvalue weighted by molar-refractivity contribution is -0.663. The Morgan fingerprint density at radius 3 is 2.52 bits per heavy atom. The Balaban J connectivity index is 1.79. The zero-order chi connectivity index (χ0) is 19.2. The number of hydrogen-bond donors (Lipinski definition) is 2. The molecule has 2 aromatic carbocycles. The highest BCUT2D eigenvalue weighted by molar-refractivity contribution is 5.79. The standard InChI is InChI=1S/C22H27N3O2/c1-17(2)12-19(15-26)23-22(27)14-25-16-24(13-18-8-4-3-5-9-18)20-10-6-7-11-21(20)25/h3-11,16-17,19,26H,12-15H2,1-2H3/p+1/t19-/m0/s1. The van der Waals surface area contributed by atoms with Gasteiger partial charge in [0.15, 0.2) is 17.6 Å². The van der Waals surface area contributed by atoms with Crippen LogP contribution in [0.4, 0.5) is 0 Å². The lowest BCUT2D eigenvalue weighted by Gasteiger charge is -2.17. The summed E-state index contributed by atoms with van der Waals surface area (Å²) in [5, 5.41) is 12.5. The fourth-order valence-corrected chi connectivity index (χ4v) is 3.45. The van der Waals surface area contributed by atoms with Gasteiger partial charge in [0.2, 0.25) is 6.33 Å². The third-order valence-electron chi connectivity index (χ3n) is 4.63. The maximum atomic E-state index is 12.5. The molecule has 0 spiro atoms. The molecule has 0 saturated carbocycles. The minimum absolute atomic E-state index is 0.0373. The van der Waals surface area contributed by atoms with Crippen molar-refractivity contribution in [2.24, 2.45) is 5.92 Å². The summed E-state index contributed by atoms with van der Waals surface area (Å²) in [6, 6.07) is 18.2. The van der Waals surface area contributed by atoms with E-state index in [2.05, 4.69) is 41.9 Å². The molecule has 2 N–H and O–H groups in total. The van der Waals surface area contributed by atoms with Crippen molar-refractivity contribution in [2.75, 3.05) is 6.61 Å². The number of nitrogens with zero attached hydrogens (tertiary/aromatic N) is 2. The average Bonchev–Trinajstić information content (AvgIpc) is 2.99. The van der Waals surface area contributed by atoms with Crippen molar-refractivity contribution in [3.05, 3.63) is 66.5 Å². The minimum atomic E-state index is -0.198. The number of carbonyl (C=O) groups excluding carboxylic acids is 1. The van der Waals surface area contributed by atoms with E-state index in [0.717, 1.165) is 24.0 Å². The van der Waals surface area contributed by atoms with Crippen LogP contribution >= 0.6 is 0 Å². The molecule has 1 heterocycles. The molecular formula is C22H28N3O2+. The number of imidazole rings is 1. The number of rotatable bonds is 8. The zero-order valence-electron chi connectivity index (χ0n) is 16.0. The molecule has 5 heteroatoms. The van der Waals surface area contributed by atoms with Crippen molar-refractivity contribution in [2.45, 2.75) is 39.4 Å². The second kappa shape index (κ2) is 8.82. The molecule has 27 heavy (non-hydrogen) atoms. The van der Waals surface area contributed by atoms with Crippen LogP contribution < -0.4 is 9.88 Å². The van der Waals surface area contributed by atoms with E-state index in [9.17, 15) is 9.90 Å².